The first kappa shape index (κ1) is 13.7. The van der Waals surface area contributed by atoms with E-state index in [0.29, 0.717) is 11.5 Å². The van der Waals surface area contributed by atoms with Gasteiger partial charge in [-0.15, -0.1) is 0 Å². The van der Waals surface area contributed by atoms with Gasteiger partial charge in [-0.1, -0.05) is 30.3 Å². The topological polar surface area (TPSA) is 42.6 Å². The highest BCUT2D eigenvalue weighted by Gasteiger charge is 2.21. The van der Waals surface area contributed by atoms with E-state index in [-0.39, 0.29) is 0 Å². The zero-order chi connectivity index (χ0) is 15.0. The summed E-state index contributed by atoms with van der Waals surface area (Å²) in [6, 6.07) is 13.5. The molecular weight excluding hydrogens is 264 g/mol. The maximum absolute atomic E-state index is 10.6. The fourth-order valence-electron chi connectivity index (χ4n) is 2.59. The number of rotatable bonds is 3. The van der Waals surface area contributed by atoms with Crippen molar-refractivity contribution in [3.8, 4) is 5.75 Å². The molecule has 0 radical (unpaired) electrons. The minimum absolute atomic E-state index is 0.526. The van der Waals surface area contributed by atoms with Crippen molar-refractivity contribution >= 4 is 11.0 Å². The monoisotopic (exact) mass is 282 g/mol. The molecule has 0 aliphatic heterocycles. The van der Waals surface area contributed by atoms with E-state index in [2.05, 4.69) is 0 Å². The molecule has 1 atom stereocenters. The van der Waals surface area contributed by atoms with Crippen LogP contribution in [0.2, 0.25) is 0 Å². The molecule has 1 unspecified atom stereocenters. The quantitative estimate of drug-likeness (QED) is 0.785. The van der Waals surface area contributed by atoms with Crippen LogP contribution in [-0.2, 0) is 0 Å². The molecule has 1 heterocycles. The Balaban J connectivity index is 2.09. The molecule has 0 spiro atoms. The first-order valence-electron chi connectivity index (χ1n) is 6.92. The van der Waals surface area contributed by atoms with Crippen molar-refractivity contribution in [3.63, 3.8) is 0 Å². The molecule has 3 rings (SSSR count). The number of hydrogen-bond acceptors (Lipinski definition) is 3. The van der Waals surface area contributed by atoms with Crippen molar-refractivity contribution in [2.45, 2.75) is 20.0 Å². The third-order valence-electron chi connectivity index (χ3n) is 3.92. The molecule has 108 valence electrons. The average Bonchev–Trinajstić information content (AvgIpc) is 2.93. The summed E-state index contributed by atoms with van der Waals surface area (Å²) in [5.74, 6) is 1.24. The van der Waals surface area contributed by atoms with Crippen LogP contribution in [-0.4, -0.2) is 12.2 Å². The summed E-state index contributed by atoms with van der Waals surface area (Å²) in [7, 11) is 1.62. The number of hydrogen-bond donors (Lipinski definition) is 1. The molecule has 0 saturated carbocycles. The number of ether oxygens (including phenoxy) is 1. The van der Waals surface area contributed by atoms with Gasteiger partial charge in [-0.25, -0.2) is 0 Å². The number of aliphatic hydroxyl groups is 1. The van der Waals surface area contributed by atoms with Crippen molar-refractivity contribution in [1.29, 1.82) is 0 Å². The number of methoxy groups -OCH3 is 1. The molecule has 0 bridgehead atoms. The van der Waals surface area contributed by atoms with Gasteiger partial charge in [0.25, 0.3) is 0 Å². The summed E-state index contributed by atoms with van der Waals surface area (Å²) in [6.45, 7) is 4.01. The van der Waals surface area contributed by atoms with E-state index in [1.165, 1.54) is 0 Å². The number of benzene rings is 2. The first-order valence-corrected chi connectivity index (χ1v) is 6.92. The highest BCUT2D eigenvalue weighted by atomic mass is 16.5. The molecule has 0 amide bonds. The van der Waals surface area contributed by atoms with Gasteiger partial charge in [-0.3, -0.25) is 0 Å². The molecule has 1 N–H and O–H groups in total. The fourth-order valence-corrected chi connectivity index (χ4v) is 2.59. The van der Waals surface area contributed by atoms with Gasteiger partial charge in [-0.2, -0.15) is 0 Å². The summed E-state index contributed by atoms with van der Waals surface area (Å²) < 4.78 is 11.2. The summed E-state index contributed by atoms with van der Waals surface area (Å²) in [6.07, 6.45) is -0.841. The average molecular weight is 282 g/mol. The first-order chi connectivity index (χ1) is 10.1. The lowest BCUT2D eigenvalue weighted by atomic mass is 9.99. The third kappa shape index (κ3) is 2.30. The predicted molar refractivity (Wildman–Crippen MR) is 82.7 cm³/mol. The van der Waals surface area contributed by atoms with E-state index in [1.807, 2.05) is 56.3 Å². The molecule has 3 nitrogen and oxygen atoms in total. The van der Waals surface area contributed by atoms with Crippen molar-refractivity contribution in [3.05, 3.63) is 64.9 Å². The second-order valence-electron chi connectivity index (χ2n) is 5.22. The molecule has 3 aromatic rings. The Bertz CT molecular complexity index is 753. The van der Waals surface area contributed by atoms with Gasteiger partial charge < -0.3 is 14.3 Å². The van der Waals surface area contributed by atoms with Gasteiger partial charge in [0.2, 0.25) is 0 Å². The van der Waals surface area contributed by atoms with Crippen LogP contribution in [0.3, 0.4) is 0 Å². The highest BCUT2D eigenvalue weighted by Crippen LogP contribution is 2.35. The van der Waals surface area contributed by atoms with Gasteiger partial charge in [-0.05, 0) is 37.1 Å². The lowest BCUT2D eigenvalue weighted by molar-refractivity contribution is 0.187. The van der Waals surface area contributed by atoms with E-state index in [4.69, 9.17) is 9.15 Å². The van der Waals surface area contributed by atoms with Crippen molar-refractivity contribution < 1.29 is 14.3 Å². The number of para-hydroxylation sites is 1. The molecular formula is C18H18O3. The molecule has 21 heavy (non-hydrogen) atoms. The molecule has 0 fully saturated rings. The number of fused-ring (bicyclic) bond motifs is 1. The predicted octanol–water partition coefficient (Wildman–Crippen LogP) is 4.14. The van der Waals surface area contributed by atoms with E-state index in [9.17, 15) is 5.11 Å². The van der Waals surface area contributed by atoms with Crippen LogP contribution in [0.1, 0.15) is 28.6 Å². The lowest BCUT2D eigenvalue weighted by Crippen LogP contribution is -2.03. The summed E-state index contributed by atoms with van der Waals surface area (Å²) in [5, 5.41) is 11.6. The van der Waals surface area contributed by atoms with Crippen LogP contribution in [0.5, 0.6) is 5.75 Å². The lowest BCUT2D eigenvalue weighted by Gasteiger charge is -2.16. The minimum atomic E-state index is -0.841. The number of aryl methyl sites for hydroxylation is 1. The maximum atomic E-state index is 10.6. The van der Waals surface area contributed by atoms with Crippen LogP contribution in [0.25, 0.3) is 11.0 Å². The largest absolute Gasteiger partial charge is 0.496 e. The third-order valence-corrected chi connectivity index (χ3v) is 3.92. The second kappa shape index (κ2) is 5.26. The zero-order valence-corrected chi connectivity index (χ0v) is 12.4. The van der Waals surface area contributed by atoms with Crippen molar-refractivity contribution in [1.82, 2.24) is 0 Å². The smallest absolute Gasteiger partial charge is 0.140 e. The normalized spacial score (nSPS) is 12.6. The van der Waals surface area contributed by atoms with Crippen molar-refractivity contribution in [2.75, 3.05) is 7.11 Å². The van der Waals surface area contributed by atoms with Gasteiger partial charge in [0.15, 0.2) is 0 Å². The van der Waals surface area contributed by atoms with Crippen LogP contribution >= 0.6 is 0 Å². The summed E-state index contributed by atoms with van der Waals surface area (Å²) in [4.78, 5) is 0. The molecule has 1 aromatic heterocycles. The van der Waals surface area contributed by atoms with Crippen LogP contribution in [0.15, 0.2) is 46.9 Å². The SMILES string of the molecule is COc1c(C(O)c2cc3ccccc3o2)ccc(C)c1C. The standard InChI is InChI=1S/C18H18O3/c1-11-8-9-14(18(20-3)12(11)2)17(19)16-10-13-6-4-5-7-15(13)21-16/h4-10,17,19H,1-3H3. The van der Waals surface area contributed by atoms with Crippen LogP contribution < -0.4 is 4.74 Å². The van der Waals surface area contributed by atoms with E-state index in [1.54, 1.807) is 7.11 Å². The molecule has 0 saturated heterocycles. The highest BCUT2D eigenvalue weighted by molar-refractivity contribution is 5.78. The Hall–Kier alpha value is -2.26. The Labute approximate surface area is 123 Å². The second-order valence-corrected chi connectivity index (χ2v) is 5.22. The van der Waals surface area contributed by atoms with Crippen LogP contribution in [0, 0.1) is 13.8 Å². The van der Waals surface area contributed by atoms with Crippen LogP contribution in [0.4, 0.5) is 0 Å². The summed E-state index contributed by atoms with van der Waals surface area (Å²) >= 11 is 0. The molecule has 3 heteroatoms. The van der Waals surface area contributed by atoms with Gasteiger partial charge in [0.05, 0.1) is 7.11 Å². The molecule has 0 aliphatic rings. The van der Waals surface area contributed by atoms with E-state index in [0.717, 1.165) is 27.7 Å². The Morgan fingerprint density at radius 1 is 1.10 bits per heavy atom. The Kier molecular flexibility index (Phi) is 3.43. The van der Waals surface area contributed by atoms with Gasteiger partial charge >= 0.3 is 0 Å². The zero-order valence-electron chi connectivity index (χ0n) is 12.4. The molecule has 2 aromatic carbocycles. The number of aliphatic hydroxyl groups excluding tert-OH is 1. The summed E-state index contributed by atoms with van der Waals surface area (Å²) in [5.41, 5.74) is 3.66. The van der Waals surface area contributed by atoms with Crippen molar-refractivity contribution in [2.24, 2.45) is 0 Å². The maximum Gasteiger partial charge on any atom is 0.140 e. The fraction of sp³-hybridized carbons (Fsp3) is 0.222. The van der Waals surface area contributed by atoms with E-state index < -0.39 is 6.10 Å². The minimum Gasteiger partial charge on any atom is -0.496 e. The number of furan rings is 1. The van der Waals surface area contributed by atoms with E-state index >= 15 is 0 Å². The Morgan fingerprint density at radius 3 is 2.57 bits per heavy atom. The Morgan fingerprint density at radius 2 is 1.86 bits per heavy atom. The molecule has 0 aliphatic carbocycles. The van der Waals surface area contributed by atoms with Gasteiger partial charge in [0.1, 0.15) is 23.2 Å². The van der Waals surface area contributed by atoms with Gasteiger partial charge in [0, 0.05) is 10.9 Å².